The normalized spacial score (nSPS) is 10.5. The van der Waals surface area contributed by atoms with E-state index in [1.807, 2.05) is 13.0 Å². The molecule has 1 N–H and O–H groups in total. The van der Waals surface area contributed by atoms with Crippen molar-refractivity contribution in [2.45, 2.75) is 32.7 Å². The second-order valence-electron chi connectivity index (χ2n) is 3.70. The molecule has 0 saturated carbocycles. The Morgan fingerprint density at radius 3 is 2.87 bits per heavy atom. The van der Waals surface area contributed by atoms with Gasteiger partial charge in [0.15, 0.2) is 0 Å². The second kappa shape index (κ2) is 7.83. The first-order valence-corrected chi connectivity index (χ1v) is 6.64. The summed E-state index contributed by atoms with van der Waals surface area (Å²) in [6, 6.07) is 6.15. The Kier molecular flexibility index (Phi) is 6.60. The van der Waals surface area contributed by atoms with Gasteiger partial charge >= 0.3 is 0 Å². The molecule has 3 heteroatoms. The number of aromatic nitrogens is 1. The van der Waals surface area contributed by atoms with Crippen LogP contribution in [0.3, 0.4) is 0 Å². The number of aryl methyl sites for hydroxylation is 1. The van der Waals surface area contributed by atoms with E-state index in [0.717, 1.165) is 29.8 Å². The van der Waals surface area contributed by atoms with E-state index in [1.54, 1.807) is 0 Å². The Labute approximate surface area is 101 Å². The maximum atomic E-state index is 4.44. The molecule has 0 unspecified atom stereocenters. The van der Waals surface area contributed by atoms with Gasteiger partial charge in [0, 0.05) is 17.6 Å². The molecular formula is C12H19BrN2. The lowest BCUT2D eigenvalue weighted by Crippen LogP contribution is -2.15. The van der Waals surface area contributed by atoms with Gasteiger partial charge in [-0.2, -0.15) is 0 Å². The second-order valence-corrected chi connectivity index (χ2v) is 4.49. The van der Waals surface area contributed by atoms with Crippen molar-refractivity contribution in [3.63, 3.8) is 0 Å². The molecule has 15 heavy (non-hydrogen) atoms. The molecule has 0 aromatic carbocycles. The number of nitrogens with zero attached hydrogens (tertiary/aromatic N) is 1. The van der Waals surface area contributed by atoms with Crippen LogP contribution >= 0.6 is 15.9 Å². The summed E-state index contributed by atoms with van der Waals surface area (Å²) in [5.74, 6) is 0. The lowest BCUT2D eigenvalue weighted by molar-refractivity contribution is 0.612. The summed E-state index contributed by atoms with van der Waals surface area (Å²) in [6.07, 6.45) is 3.81. The van der Waals surface area contributed by atoms with E-state index in [4.69, 9.17) is 0 Å². The maximum absolute atomic E-state index is 4.44. The minimum Gasteiger partial charge on any atom is -0.311 e. The zero-order valence-electron chi connectivity index (χ0n) is 9.30. The van der Waals surface area contributed by atoms with Crippen LogP contribution in [0.2, 0.25) is 0 Å². The first kappa shape index (κ1) is 12.7. The highest BCUT2D eigenvalue weighted by atomic mass is 79.9. The lowest BCUT2D eigenvalue weighted by atomic mass is 10.2. The molecule has 0 amide bonds. The highest BCUT2D eigenvalue weighted by Crippen LogP contribution is 1.99. The SMILES string of the molecule is Cc1cccc(CNCCCCCBr)n1. The van der Waals surface area contributed by atoms with Gasteiger partial charge in [-0.15, -0.1) is 0 Å². The van der Waals surface area contributed by atoms with Crippen molar-refractivity contribution in [2.24, 2.45) is 0 Å². The van der Waals surface area contributed by atoms with Crippen molar-refractivity contribution in [3.05, 3.63) is 29.6 Å². The van der Waals surface area contributed by atoms with Crippen molar-refractivity contribution in [3.8, 4) is 0 Å². The molecule has 0 bridgehead atoms. The van der Waals surface area contributed by atoms with Crippen LogP contribution in [-0.2, 0) is 6.54 Å². The van der Waals surface area contributed by atoms with Gasteiger partial charge in [0.05, 0.1) is 5.69 Å². The molecule has 0 fully saturated rings. The fourth-order valence-electron chi connectivity index (χ4n) is 1.44. The summed E-state index contributed by atoms with van der Waals surface area (Å²) >= 11 is 3.43. The largest absolute Gasteiger partial charge is 0.311 e. The van der Waals surface area contributed by atoms with Crippen LogP contribution in [-0.4, -0.2) is 16.9 Å². The van der Waals surface area contributed by atoms with E-state index in [-0.39, 0.29) is 0 Å². The molecule has 1 aromatic rings. The number of alkyl halides is 1. The summed E-state index contributed by atoms with van der Waals surface area (Å²) < 4.78 is 0. The highest BCUT2D eigenvalue weighted by Gasteiger charge is 1.94. The average Bonchev–Trinajstić information content (AvgIpc) is 2.23. The zero-order valence-corrected chi connectivity index (χ0v) is 10.9. The van der Waals surface area contributed by atoms with E-state index in [0.29, 0.717) is 0 Å². The summed E-state index contributed by atoms with van der Waals surface area (Å²) in [5, 5.41) is 4.53. The third kappa shape index (κ3) is 5.90. The van der Waals surface area contributed by atoms with E-state index in [1.165, 1.54) is 19.3 Å². The smallest absolute Gasteiger partial charge is 0.0544 e. The standard InChI is InChI=1S/C12H19BrN2/c1-11-6-5-7-12(15-11)10-14-9-4-2-3-8-13/h5-7,14H,2-4,8-10H2,1H3. The average molecular weight is 271 g/mol. The van der Waals surface area contributed by atoms with E-state index in [2.05, 4.69) is 38.4 Å². The van der Waals surface area contributed by atoms with E-state index >= 15 is 0 Å². The molecule has 0 aliphatic rings. The summed E-state index contributed by atoms with van der Waals surface area (Å²) in [5.41, 5.74) is 2.23. The number of hydrogen-bond acceptors (Lipinski definition) is 2. The fraction of sp³-hybridized carbons (Fsp3) is 0.583. The predicted molar refractivity (Wildman–Crippen MR) is 68.3 cm³/mol. The van der Waals surface area contributed by atoms with Gasteiger partial charge in [0.2, 0.25) is 0 Å². The van der Waals surface area contributed by atoms with Gasteiger partial charge in [-0.3, -0.25) is 4.98 Å². The van der Waals surface area contributed by atoms with Gasteiger partial charge in [-0.1, -0.05) is 28.4 Å². The van der Waals surface area contributed by atoms with Crippen molar-refractivity contribution in [1.29, 1.82) is 0 Å². The Morgan fingerprint density at radius 1 is 1.27 bits per heavy atom. The number of nitrogens with one attached hydrogen (secondary N) is 1. The van der Waals surface area contributed by atoms with Gasteiger partial charge in [0.1, 0.15) is 0 Å². The fourth-order valence-corrected chi connectivity index (χ4v) is 1.83. The molecule has 0 radical (unpaired) electrons. The van der Waals surface area contributed by atoms with Gasteiger partial charge in [-0.05, 0) is 38.4 Å². The number of rotatable bonds is 7. The number of halogens is 1. The van der Waals surface area contributed by atoms with Gasteiger partial charge in [0.25, 0.3) is 0 Å². The number of pyridine rings is 1. The lowest BCUT2D eigenvalue weighted by Gasteiger charge is -2.04. The minimum atomic E-state index is 0.885. The molecule has 1 heterocycles. The minimum absolute atomic E-state index is 0.885. The quantitative estimate of drug-likeness (QED) is 0.609. The first-order valence-electron chi connectivity index (χ1n) is 5.52. The van der Waals surface area contributed by atoms with E-state index in [9.17, 15) is 0 Å². The Balaban J connectivity index is 2.10. The molecule has 1 rings (SSSR count). The first-order chi connectivity index (χ1) is 7.33. The van der Waals surface area contributed by atoms with Crippen LogP contribution in [0.15, 0.2) is 18.2 Å². The van der Waals surface area contributed by atoms with Gasteiger partial charge < -0.3 is 5.32 Å². The van der Waals surface area contributed by atoms with Crippen LogP contribution in [0.1, 0.15) is 30.7 Å². The molecule has 0 aliphatic carbocycles. The Morgan fingerprint density at radius 2 is 2.13 bits per heavy atom. The van der Waals surface area contributed by atoms with Crippen LogP contribution in [0.5, 0.6) is 0 Å². The number of unbranched alkanes of at least 4 members (excludes halogenated alkanes) is 2. The van der Waals surface area contributed by atoms with Gasteiger partial charge in [-0.25, -0.2) is 0 Å². The van der Waals surface area contributed by atoms with Crippen molar-refractivity contribution in [2.75, 3.05) is 11.9 Å². The molecule has 84 valence electrons. The highest BCUT2D eigenvalue weighted by molar-refractivity contribution is 9.09. The molecule has 0 atom stereocenters. The maximum Gasteiger partial charge on any atom is 0.0544 e. The monoisotopic (exact) mass is 270 g/mol. The topological polar surface area (TPSA) is 24.9 Å². The van der Waals surface area contributed by atoms with Crippen molar-refractivity contribution < 1.29 is 0 Å². The molecule has 0 spiro atoms. The van der Waals surface area contributed by atoms with Crippen molar-refractivity contribution in [1.82, 2.24) is 10.3 Å². The molecular weight excluding hydrogens is 252 g/mol. The third-order valence-corrected chi connectivity index (χ3v) is 2.80. The third-order valence-electron chi connectivity index (χ3n) is 2.24. The summed E-state index contributed by atoms with van der Waals surface area (Å²) in [6.45, 7) is 4.00. The molecule has 2 nitrogen and oxygen atoms in total. The molecule has 0 saturated heterocycles. The van der Waals surface area contributed by atoms with Crippen LogP contribution < -0.4 is 5.32 Å². The molecule has 1 aromatic heterocycles. The Bertz CT molecular complexity index is 276. The van der Waals surface area contributed by atoms with Crippen LogP contribution in [0.25, 0.3) is 0 Å². The summed E-state index contributed by atoms with van der Waals surface area (Å²) in [7, 11) is 0. The van der Waals surface area contributed by atoms with Crippen molar-refractivity contribution >= 4 is 15.9 Å². The Hall–Kier alpha value is -0.410. The summed E-state index contributed by atoms with van der Waals surface area (Å²) in [4.78, 5) is 4.44. The van der Waals surface area contributed by atoms with Crippen LogP contribution in [0, 0.1) is 6.92 Å². The molecule has 0 aliphatic heterocycles. The van der Waals surface area contributed by atoms with E-state index < -0.39 is 0 Å². The predicted octanol–water partition coefficient (Wildman–Crippen LogP) is 3.04. The van der Waals surface area contributed by atoms with Crippen LogP contribution in [0.4, 0.5) is 0 Å². The zero-order chi connectivity index (χ0) is 10.9. The number of hydrogen-bond donors (Lipinski definition) is 1.